The Morgan fingerprint density at radius 3 is 2.83 bits per heavy atom. The summed E-state index contributed by atoms with van der Waals surface area (Å²) in [6, 6.07) is 9.28. The molecule has 0 unspecified atom stereocenters. The maximum Gasteiger partial charge on any atom is 0.167 e. The number of aryl methyl sites for hydroxylation is 1. The fraction of sp³-hybridized carbons (Fsp3) is 0.200. The summed E-state index contributed by atoms with van der Waals surface area (Å²) in [6.07, 6.45) is 3.78. The maximum atomic E-state index is 12.2. The van der Waals surface area contributed by atoms with Crippen molar-refractivity contribution in [3.8, 4) is 5.75 Å². The molecule has 1 heterocycles. The molecule has 3 heteroatoms. The van der Waals surface area contributed by atoms with Gasteiger partial charge in [0.2, 0.25) is 0 Å². The Labute approximate surface area is 106 Å². The van der Waals surface area contributed by atoms with Gasteiger partial charge in [0.1, 0.15) is 5.75 Å². The van der Waals surface area contributed by atoms with Gasteiger partial charge in [-0.25, -0.2) is 0 Å². The van der Waals surface area contributed by atoms with Crippen LogP contribution in [0, 0.1) is 6.92 Å². The van der Waals surface area contributed by atoms with Crippen molar-refractivity contribution in [2.45, 2.75) is 13.3 Å². The van der Waals surface area contributed by atoms with Crippen molar-refractivity contribution in [3.05, 3.63) is 59.4 Å². The summed E-state index contributed by atoms with van der Waals surface area (Å²) < 4.78 is 5.15. The van der Waals surface area contributed by atoms with Crippen molar-refractivity contribution in [2.75, 3.05) is 7.11 Å². The average Bonchev–Trinajstić information content (AvgIpc) is 2.40. The molecule has 1 aromatic carbocycles. The molecular weight excluding hydrogens is 226 g/mol. The first kappa shape index (κ1) is 12.3. The highest BCUT2D eigenvalue weighted by Gasteiger charge is 2.11. The number of benzene rings is 1. The molecule has 1 aromatic heterocycles. The Balaban J connectivity index is 2.23. The molecule has 0 saturated carbocycles. The highest BCUT2D eigenvalue weighted by Crippen LogP contribution is 2.18. The number of aromatic nitrogens is 1. The van der Waals surface area contributed by atoms with Crippen molar-refractivity contribution in [2.24, 2.45) is 0 Å². The minimum absolute atomic E-state index is 0.0828. The number of hydrogen-bond donors (Lipinski definition) is 0. The predicted octanol–water partition coefficient (Wildman–Crippen LogP) is 2.82. The molecule has 0 aliphatic carbocycles. The summed E-state index contributed by atoms with van der Waals surface area (Å²) in [6.45, 7) is 1.93. The average molecular weight is 241 g/mol. The molecule has 0 amide bonds. The van der Waals surface area contributed by atoms with E-state index in [1.807, 2.05) is 31.2 Å². The number of Topliss-reactive ketones (excluding diaryl/α,β-unsaturated/α-hetero) is 1. The summed E-state index contributed by atoms with van der Waals surface area (Å²) in [7, 11) is 1.60. The zero-order valence-corrected chi connectivity index (χ0v) is 10.5. The number of carbonyl (C=O) groups excluding carboxylic acids is 1. The largest absolute Gasteiger partial charge is 0.497 e. The minimum atomic E-state index is 0.0828. The lowest BCUT2D eigenvalue weighted by molar-refractivity contribution is 0.0992. The Morgan fingerprint density at radius 1 is 1.33 bits per heavy atom. The molecule has 2 aromatic rings. The predicted molar refractivity (Wildman–Crippen MR) is 70.0 cm³/mol. The lowest BCUT2D eigenvalue weighted by Gasteiger charge is -2.07. The van der Waals surface area contributed by atoms with Crippen LogP contribution < -0.4 is 4.74 Å². The van der Waals surface area contributed by atoms with Crippen LogP contribution in [0.5, 0.6) is 5.75 Å². The van der Waals surface area contributed by atoms with E-state index in [1.165, 1.54) is 0 Å². The number of pyridine rings is 1. The van der Waals surface area contributed by atoms with Gasteiger partial charge in [0.25, 0.3) is 0 Å². The molecule has 0 atom stereocenters. The monoisotopic (exact) mass is 241 g/mol. The van der Waals surface area contributed by atoms with Crippen molar-refractivity contribution in [1.82, 2.24) is 4.98 Å². The third-order valence-electron chi connectivity index (χ3n) is 2.83. The van der Waals surface area contributed by atoms with Gasteiger partial charge in [0.15, 0.2) is 5.78 Å². The first-order chi connectivity index (χ1) is 8.70. The fourth-order valence-corrected chi connectivity index (χ4v) is 1.81. The summed E-state index contributed by atoms with van der Waals surface area (Å²) in [5, 5.41) is 0. The van der Waals surface area contributed by atoms with Gasteiger partial charge >= 0.3 is 0 Å². The third-order valence-corrected chi connectivity index (χ3v) is 2.83. The second-order valence-electron chi connectivity index (χ2n) is 4.14. The standard InChI is InChI=1S/C15H15NO2/c1-11-5-6-13(18-2)9-14(11)15(17)8-12-4-3-7-16-10-12/h3-7,9-10H,8H2,1-2H3. The van der Waals surface area contributed by atoms with Gasteiger partial charge in [0, 0.05) is 24.4 Å². The molecule has 0 N–H and O–H groups in total. The van der Waals surface area contributed by atoms with Crippen LogP contribution in [0.25, 0.3) is 0 Å². The van der Waals surface area contributed by atoms with E-state index < -0.39 is 0 Å². The molecule has 0 aliphatic rings. The zero-order valence-electron chi connectivity index (χ0n) is 10.5. The van der Waals surface area contributed by atoms with E-state index in [1.54, 1.807) is 25.6 Å². The summed E-state index contributed by atoms with van der Waals surface area (Å²) in [5.74, 6) is 0.787. The van der Waals surface area contributed by atoms with Crippen LogP contribution >= 0.6 is 0 Å². The Morgan fingerprint density at radius 2 is 2.17 bits per heavy atom. The number of carbonyl (C=O) groups is 1. The third kappa shape index (κ3) is 2.74. The van der Waals surface area contributed by atoms with Crippen molar-refractivity contribution in [3.63, 3.8) is 0 Å². The molecule has 0 bridgehead atoms. The van der Waals surface area contributed by atoms with Gasteiger partial charge in [-0.2, -0.15) is 0 Å². The van der Waals surface area contributed by atoms with E-state index >= 15 is 0 Å². The number of ether oxygens (including phenoxy) is 1. The topological polar surface area (TPSA) is 39.2 Å². The van der Waals surface area contributed by atoms with E-state index in [0.717, 1.165) is 11.1 Å². The number of rotatable bonds is 4. The summed E-state index contributed by atoms with van der Waals surface area (Å²) in [5.41, 5.74) is 2.59. The molecule has 2 rings (SSSR count). The van der Waals surface area contributed by atoms with Gasteiger partial charge in [-0.3, -0.25) is 9.78 Å². The van der Waals surface area contributed by atoms with Gasteiger partial charge in [-0.1, -0.05) is 12.1 Å². The van der Waals surface area contributed by atoms with Crippen LogP contribution in [0.15, 0.2) is 42.7 Å². The Hall–Kier alpha value is -2.16. The summed E-state index contributed by atoms with van der Waals surface area (Å²) >= 11 is 0. The zero-order chi connectivity index (χ0) is 13.0. The minimum Gasteiger partial charge on any atom is -0.497 e. The second-order valence-corrected chi connectivity index (χ2v) is 4.14. The smallest absolute Gasteiger partial charge is 0.167 e. The molecule has 0 radical (unpaired) electrons. The van der Waals surface area contributed by atoms with Crippen LogP contribution in [0.2, 0.25) is 0 Å². The van der Waals surface area contributed by atoms with Gasteiger partial charge < -0.3 is 4.74 Å². The number of hydrogen-bond acceptors (Lipinski definition) is 3. The lowest BCUT2D eigenvalue weighted by Crippen LogP contribution is -2.06. The SMILES string of the molecule is COc1ccc(C)c(C(=O)Cc2cccnc2)c1. The number of nitrogens with zero attached hydrogens (tertiary/aromatic N) is 1. The second kappa shape index (κ2) is 5.45. The normalized spacial score (nSPS) is 10.1. The van der Waals surface area contributed by atoms with E-state index in [0.29, 0.717) is 17.7 Å². The first-order valence-corrected chi connectivity index (χ1v) is 5.77. The fourth-order valence-electron chi connectivity index (χ4n) is 1.81. The van der Waals surface area contributed by atoms with Crippen molar-refractivity contribution in [1.29, 1.82) is 0 Å². The Kier molecular flexibility index (Phi) is 3.72. The Bertz CT molecular complexity index is 550. The molecule has 3 nitrogen and oxygen atoms in total. The van der Waals surface area contributed by atoms with Crippen LogP contribution in [0.4, 0.5) is 0 Å². The molecule has 0 fully saturated rings. The molecule has 0 saturated heterocycles. The van der Waals surface area contributed by atoms with Crippen LogP contribution in [0.3, 0.4) is 0 Å². The maximum absolute atomic E-state index is 12.2. The van der Waals surface area contributed by atoms with E-state index in [4.69, 9.17) is 4.74 Å². The van der Waals surface area contributed by atoms with Crippen LogP contribution in [-0.2, 0) is 6.42 Å². The quantitative estimate of drug-likeness (QED) is 0.773. The van der Waals surface area contributed by atoms with Crippen molar-refractivity contribution >= 4 is 5.78 Å². The van der Waals surface area contributed by atoms with E-state index in [9.17, 15) is 4.79 Å². The van der Waals surface area contributed by atoms with Gasteiger partial charge in [0.05, 0.1) is 7.11 Å². The van der Waals surface area contributed by atoms with Gasteiger partial charge in [-0.05, 0) is 36.2 Å². The van der Waals surface area contributed by atoms with E-state index in [-0.39, 0.29) is 5.78 Å². The van der Waals surface area contributed by atoms with Gasteiger partial charge in [-0.15, -0.1) is 0 Å². The number of ketones is 1. The molecule has 0 aliphatic heterocycles. The van der Waals surface area contributed by atoms with E-state index in [2.05, 4.69) is 4.98 Å². The highest BCUT2D eigenvalue weighted by molar-refractivity contribution is 5.99. The highest BCUT2D eigenvalue weighted by atomic mass is 16.5. The number of methoxy groups -OCH3 is 1. The van der Waals surface area contributed by atoms with Crippen LogP contribution in [-0.4, -0.2) is 17.9 Å². The molecule has 18 heavy (non-hydrogen) atoms. The molecule has 92 valence electrons. The van der Waals surface area contributed by atoms with Crippen LogP contribution in [0.1, 0.15) is 21.5 Å². The summed E-state index contributed by atoms with van der Waals surface area (Å²) in [4.78, 5) is 16.2. The molecule has 0 spiro atoms. The molecular formula is C15H15NO2. The first-order valence-electron chi connectivity index (χ1n) is 5.77. The lowest BCUT2D eigenvalue weighted by atomic mass is 10.00. The van der Waals surface area contributed by atoms with Crippen molar-refractivity contribution < 1.29 is 9.53 Å².